The van der Waals surface area contributed by atoms with E-state index < -0.39 is 39.9 Å². The van der Waals surface area contributed by atoms with Gasteiger partial charge in [0.1, 0.15) is 11.9 Å². The lowest BCUT2D eigenvalue weighted by molar-refractivity contribution is -0.0786. The molecule has 10 N–H and O–H groups in total. The van der Waals surface area contributed by atoms with Crippen LogP contribution < -0.4 is 11.5 Å². The van der Waals surface area contributed by atoms with Gasteiger partial charge >= 0.3 is 8.60 Å². The number of hydrogen-bond acceptors (Lipinski definition) is 9. The average Bonchev–Trinajstić information content (AvgIpc) is 2.90. The van der Waals surface area contributed by atoms with E-state index in [2.05, 4.69) is 101 Å². The molecule has 0 heterocycles. The molecule has 0 spiro atoms. The van der Waals surface area contributed by atoms with Gasteiger partial charge in [-0.15, -0.1) is 0 Å². The Morgan fingerprint density at radius 2 is 1.04 bits per heavy atom. The first kappa shape index (κ1) is 41.9. The molecule has 9 nitrogen and oxygen atoms in total. The van der Waals surface area contributed by atoms with Gasteiger partial charge in [-0.2, -0.15) is 0 Å². The van der Waals surface area contributed by atoms with Gasteiger partial charge in [-0.25, -0.2) is 0 Å². The van der Waals surface area contributed by atoms with Crippen LogP contribution in [-0.4, -0.2) is 69.0 Å². The van der Waals surface area contributed by atoms with Crippen molar-refractivity contribution >= 4 is 8.60 Å². The van der Waals surface area contributed by atoms with Crippen molar-refractivity contribution < 1.29 is 34.7 Å². The molecule has 0 aromatic heterocycles. The van der Waals surface area contributed by atoms with Gasteiger partial charge in [0, 0.05) is 23.9 Å². The second-order valence-corrected chi connectivity index (χ2v) is 17.7. The molecule has 2 rings (SSSR count). The number of aliphatic hydroxyl groups is 3. The highest BCUT2D eigenvalue weighted by Crippen LogP contribution is 2.54. The molecule has 45 heavy (non-hydrogen) atoms. The summed E-state index contributed by atoms with van der Waals surface area (Å²) in [5, 5.41) is 32.1. The van der Waals surface area contributed by atoms with Crippen LogP contribution in [0.5, 0.6) is 0 Å². The zero-order chi connectivity index (χ0) is 35.4. The minimum absolute atomic E-state index is 0.0721. The van der Waals surface area contributed by atoms with E-state index in [4.69, 9.17) is 30.9 Å². The molecule has 10 heteroatoms. The van der Waals surface area contributed by atoms with Crippen molar-refractivity contribution in [1.82, 2.24) is 0 Å². The van der Waals surface area contributed by atoms with E-state index >= 15 is 0 Å². The van der Waals surface area contributed by atoms with Crippen LogP contribution in [0.25, 0.3) is 0 Å². The van der Waals surface area contributed by atoms with Crippen molar-refractivity contribution in [3.63, 3.8) is 0 Å². The molecule has 2 aliphatic carbocycles. The third-order valence-electron chi connectivity index (χ3n) is 10.3. The summed E-state index contributed by atoms with van der Waals surface area (Å²) in [5.41, 5.74) is 13.6. The number of rotatable bonds is 9. The average molecular weight is 657 g/mol. The molecule has 0 amide bonds. The van der Waals surface area contributed by atoms with Crippen LogP contribution in [0.4, 0.5) is 0 Å². The molecule has 262 valence electrons. The second-order valence-electron chi connectivity index (χ2n) is 17.1. The Bertz CT molecular complexity index is 1100. The third-order valence-corrected chi connectivity index (χ3v) is 10.3. The van der Waals surface area contributed by atoms with Crippen molar-refractivity contribution in [2.45, 2.75) is 102 Å². The number of aliphatic hydroxyl groups excluding tert-OH is 3. The van der Waals surface area contributed by atoms with Gasteiger partial charge in [-0.3, -0.25) is 0 Å². The number of allylic oxidation sites excluding steroid dienone is 3. The SMILES string of the molecule is CC(C)(C)C1=C(OC(C2=C(C(C)(C)C)CC(CN)(C(C)(C)C)C=C2)C(CO)(CO)CO)C=CC(CN)(C(C)(C)C)C1.OP(O)O. The molecule has 2 aliphatic rings. The van der Waals surface area contributed by atoms with Gasteiger partial charge in [0.15, 0.2) is 0 Å². The van der Waals surface area contributed by atoms with Crippen LogP contribution >= 0.6 is 8.60 Å². The summed E-state index contributed by atoms with van der Waals surface area (Å²) in [7, 11) is -2.62. The molecule has 0 saturated heterocycles. The van der Waals surface area contributed by atoms with Crippen molar-refractivity contribution in [1.29, 1.82) is 0 Å². The Balaban J connectivity index is 0.00000238. The normalized spacial score (nSPS) is 24.2. The predicted octanol–water partition coefficient (Wildman–Crippen LogP) is 5.07. The Kier molecular flexibility index (Phi) is 13.9. The summed E-state index contributed by atoms with van der Waals surface area (Å²) in [5.74, 6) is 0.719. The maximum Gasteiger partial charge on any atom is 0.324 e. The van der Waals surface area contributed by atoms with Gasteiger partial charge in [0.2, 0.25) is 0 Å². The van der Waals surface area contributed by atoms with E-state index in [0.717, 1.165) is 35.3 Å². The standard InChI is InChI=1S/C35H62N2O4.H3O3P/c1-29(2,3)25-17-34(19-36,31(7,8)9)15-13-24(25)28(33(21-38,22-39)23-40)41-27-14-16-35(20-37,32(10,11)12)18-26(27)30(4,5)6;1-4(2)3/h13-16,28,38-40H,17-23,36-37H2,1-12H3;1-3H. The van der Waals surface area contributed by atoms with Crippen molar-refractivity contribution in [3.05, 3.63) is 46.8 Å². The maximum absolute atomic E-state index is 10.7. The van der Waals surface area contributed by atoms with E-state index in [1.165, 1.54) is 0 Å². The lowest BCUT2D eigenvalue weighted by Crippen LogP contribution is -2.50. The van der Waals surface area contributed by atoms with Gasteiger partial charge in [0.05, 0.1) is 25.2 Å². The molecule has 0 fully saturated rings. The molecule has 0 aromatic carbocycles. The van der Waals surface area contributed by atoms with Crippen LogP contribution in [-0.2, 0) is 4.74 Å². The van der Waals surface area contributed by atoms with Crippen LogP contribution in [0, 0.1) is 37.9 Å². The summed E-state index contributed by atoms with van der Waals surface area (Å²) >= 11 is 0. The molecular weight excluding hydrogens is 591 g/mol. The molecule has 0 aromatic rings. The highest BCUT2D eigenvalue weighted by Gasteiger charge is 2.50. The Morgan fingerprint density at radius 3 is 1.36 bits per heavy atom. The van der Waals surface area contributed by atoms with Crippen molar-refractivity contribution in [2.75, 3.05) is 32.9 Å². The summed E-state index contributed by atoms with van der Waals surface area (Å²) in [4.78, 5) is 21.7. The lowest BCUT2D eigenvalue weighted by Gasteiger charge is -2.50. The first-order chi connectivity index (χ1) is 20.3. The van der Waals surface area contributed by atoms with E-state index in [0.29, 0.717) is 13.1 Å². The highest BCUT2D eigenvalue weighted by molar-refractivity contribution is 7.38. The third kappa shape index (κ3) is 9.27. The smallest absolute Gasteiger partial charge is 0.324 e. The van der Waals surface area contributed by atoms with Crippen LogP contribution in [0.2, 0.25) is 0 Å². The van der Waals surface area contributed by atoms with Crippen molar-refractivity contribution in [2.24, 2.45) is 49.4 Å². The Labute approximate surface area is 274 Å². The fourth-order valence-electron chi connectivity index (χ4n) is 6.28. The molecule has 3 unspecified atom stereocenters. The van der Waals surface area contributed by atoms with Crippen LogP contribution in [0.15, 0.2) is 46.8 Å². The minimum Gasteiger partial charge on any atom is -0.485 e. The van der Waals surface area contributed by atoms with Crippen LogP contribution in [0.1, 0.15) is 95.9 Å². The summed E-state index contributed by atoms with van der Waals surface area (Å²) < 4.78 is 7.00. The van der Waals surface area contributed by atoms with E-state index in [1.807, 2.05) is 6.08 Å². The lowest BCUT2D eigenvalue weighted by atomic mass is 9.57. The van der Waals surface area contributed by atoms with Crippen LogP contribution in [0.3, 0.4) is 0 Å². The molecule has 0 aliphatic heterocycles. The largest absolute Gasteiger partial charge is 0.485 e. The molecule has 0 bridgehead atoms. The van der Waals surface area contributed by atoms with Gasteiger partial charge in [0.25, 0.3) is 0 Å². The number of hydrogen-bond donors (Lipinski definition) is 8. The number of ether oxygens (including phenoxy) is 1. The monoisotopic (exact) mass is 656 g/mol. The molecule has 0 radical (unpaired) electrons. The summed E-state index contributed by atoms with van der Waals surface area (Å²) in [6.45, 7) is 26.1. The first-order valence-corrected chi connectivity index (χ1v) is 17.1. The second kappa shape index (κ2) is 15.0. The molecular formula is C35H65N2O7P. The van der Waals surface area contributed by atoms with Gasteiger partial charge < -0.3 is 46.2 Å². The van der Waals surface area contributed by atoms with E-state index in [9.17, 15) is 15.3 Å². The van der Waals surface area contributed by atoms with Gasteiger partial charge in [-0.05, 0) is 51.7 Å². The predicted molar refractivity (Wildman–Crippen MR) is 185 cm³/mol. The fourth-order valence-corrected chi connectivity index (χ4v) is 6.28. The topological polar surface area (TPSA) is 183 Å². The Hall–Kier alpha value is -1.13. The molecule has 0 saturated carbocycles. The summed E-state index contributed by atoms with van der Waals surface area (Å²) in [6, 6.07) is 0. The number of nitrogens with two attached hydrogens (primary N) is 2. The minimum atomic E-state index is -2.62. The fraction of sp³-hybridized carbons (Fsp3) is 0.771. The van der Waals surface area contributed by atoms with Crippen molar-refractivity contribution in [3.8, 4) is 0 Å². The quantitative estimate of drug-likeness (QED) is 0.157. The zero-order valence-electron chi connectivity index (χ0n) is 30.0. The highest BCUT2D eigenvalue weighted by atomic mass is 31.2. The Morgan fingerprint density at radius 1 is 0.689 bits per heavy atom. The van der Waals surface area contributed by atoms with Gasteiger partial charge in [-0.1, -0.05) is 107 Å². The molecule has 3 atom stereocenters. The maximum atomic E-state index is 10.7. The first-order valence-electron chi connectivity index (χ1n) is 15.9. The van der Waals surface area contributed by atoms with E-state index in [-0.39, 0.29) is 32.5 Å². The zero-order valence-corrected chi connectivity index (χ0v) is 30.9. The summed E-state index contributed by atoms with van der Waals surface area (Å²) in [6.07, 6.45) is 9.17. The van der Waals surface area contributed by atoms with E-state index in [1.54, 1.807) is 0 Å².